The second kappa shape index (κ2) is 12.7. The zero-order chi connectivity index (χ0) is 29.6. The van der Waals surface area contributed by atoms with Gasteiger partial charge in [-0.2, -0.15) is 0 Å². The number of aromatic nitrogens is 4. The molecule has 5 rings (SSSR count). The molecule has 216 valence electrons. The van der Waals surface area contributed by atoms with Crippen LogP contribution in [0.25, 0.3) is 11.1 Å². The van der Waals surface area contributed by atoms with Gasteiger partial charge in [0.25, 0.3) is 0 Å². The first-order valence-corrected chi connectivity index (χ1v) is 13.6. The minimum Gasteiger partial charge on any atom is -0.464 e. The number of esters is 2. The molecule has 2 atom stereocenters. The number of hydrogen-bond acceptors (Lipinski definition) is 9. The van der Waals surface area contributed by atoms with Gasteiger partial charge in [-0.05, 0) is 53.8 Å². The van der Waals surface area contributed by atoms with E-state index in [1.54, 1.807) is 6.20 Å². The van der Waals surface area contributed by atoms with Crippen LogP contribution in [-0.4, -0.2) is 69.5 Å². The Balaban J connectivity index is 1.44. The summed E-state index contributed by atoms with van der Waals surface area (Å²) in [6, 6.07) is 21.0. The average Bonchev–Trinajstić information content (AvgIpc) is 3.65. The van der Waals surface area contributed by atoms with E-state index in [-0.39, 0.29) is 23.8 Å². The molecule has 0 spiro atoms. The van der Waals surface area contributed by atoms with Gasteiger partial charge in [0, 0.05) is 19.3 Å². The van der Waals surface area contributed by atoms with Crippen molar-refractivity contribution >= 4 is 17.8 Å². The molecule has 3 heterocycles. The van der Waals surface area contributed by atoms with Gasteiger partial charge in [0.05, 0.1) is 38.5 Å². The van der Waals surface area contributed by atoms with E-state index >= 15 is 0 Å². The molecule has 1 fully saturated rings. The Morgan fingerprint density at radius 1 is 0.976 bits per heavy atom. The smallest absolute Gasteiger partial charge is 0.361 e. The topological polar surface area (TPSA) is 129 Å². The molecule has 1 saturated heterocycles. The Labute approximate surface area is 243 Å². The fourth-order valence-electron chi connectivity index (χ4n) is 5.34. The molecule has 0 unspecified atom stereocenters. The number of methoxy groups -OCH3 is 2. The Bertz CT molecular complexity index is 1590. The highest BCUT2D eigenvalue weighted by Crippen LogP contribution is 2.32. The number of likely N-dealkylation sites (tertiary alicyclic amines) is 1. The Morgan fingerprint density at radius 3 is 2.50 bits per heavy atom. The van der Waals surface area contributed by atoms with E-state index in [9.17, 15) is 14.4 Å². The van der Waals surface area contributed by atoms with Crippen LogP contribution >= 0.6 is 0 Å². The summed E-state index contributed by atoms with van der Waals surface area (Å²) in [7, 11) is 2.42. The number of ether oxygens (including phenoxy) is 2. The van der Waals surface area contributed by atoms with Crippen molar-refractivity contribution in [2.75, 3.05) is 20.8 Å². The van der Waals surface area contributed by atoms with Crippen molar-refractivity contribution in [1.82, 2.24) is 30.2 Å². The molecule has 1 aliphatic heterocycles. The highest BCUT2D eigenvalue weighted by molar-refractivity contribution is 6.00. The Hall–Kier alpha value is -4.90. The maximum atomic E-state index is 13.6. The predicted molar refractivity (Wildman–Crippen MR) is 153 cm³/mol. The van der Waals surface area contributed by atoms with Gasteiger partial charge in [-0.25, -0.2) is 14.3 Å². The van der Waals surface area contributed by atoms with E-state index < -0.39 is 24.0 Å². The number of carbonyl (C=O) groups is 3. The maximum Gasteiger partial charge on any atom is 0.361 e. The average molecular weight is 569 g/mol. The van der Waals surface area contributed by atoms with Gasteiger partial charge in [0.1, 0.15) is 0 Å². The van der Waals surface area contributed by atoms with Crippen LogP contribution in [0.5, 0.6) is 0 Å². The van der Waals surface area contributed by atoms with E-state index in [4.69, 9.17) is 9.47 Å². The largest absolute Gasteiger partial charge is 0.464 e. The van der Waals surface area contributed by atoms with Crippen molar-refractivity contribution in [3.63, 3.8) is 0 Å². The van der Waals surface area contributed by atoms with Crippen LogP contribution in [0.4, 0.5) is 0 Å². The van der Waals surface area contributed by atoms with Crippen LogP contribution in [0, 0.1) is 6.92 Å². The van der Waals surface area contributed by atoms with Crippen molar-refractivity contribution in [2.45, 2.75) is 38.5 Å². The lowest BCUT2D eigenvalue weighted by molar-refractivity contribution is -0.125. The molecule has 0 bridgehead atoms. The molecule has 2 aromatic carbocycles. The minimum absolute atomic E-state index is 0.106. The minimum atomic E-state index is -0.797. The summed E-state index contributed by atoms with van der Waals surface area (Å²) in [6.45, 7) is 3.21. The Morgan fingerprint density at radius 2 is 1.76 bits per heavy atom. The van der Waals surface area contributed by atoms with E-state index in [1.165, 1.54) is 24.5 Å². The molecule has 42 heavy (non-hydrogen) atoms. The molecule has 4 aromatic rings. The van der Waals surface area contributed by atoms with Crippen LogP contribution < -0.4 is 5.32 Å². The lowest BCUT2D eigenvalue weighted by Gasteiger charge is -2.24. The van der Waals surface area contributed by atoms with Gasteiger partial charge >= 0.3 is 11.9 Å². The number of nitrogens with one attached hydrogen (secondary N) is 1. The summed E-state index contributed by atoms with van der Waals surface area (Å²) < 4.78 is 11.1. The number of nitrogens with zero attached hydrogens (tertiary/aromatic N) is 5. The van der Waals surface area contributed by atoms with Gasteiger partial charge in [-0.15, -0.1) is 5.10 Å². The summed E-state index contributed by atoms with van der Waals surface area (Å²) >= 11 is 0. The van der Waals surface area contributed by atoms with Crippen molar-refractivity contribution < 1.29 is 23.9 Å². The summed E-state index contributed by atoms with van der Waals surface area (Å²) in [6.07, 6.45) is 2.01. The number of rotatable bonds is 9. The standard InChI is InChI=1S/C31H32N6O5/c1-20-9-4-5-13-25(20)22-11-8-10-21(15-22)18-36-19-24(16-26(36)29(38)33-17-23-12-6-7-14-32-23)37-28(31(40)42-3)27(34-35-37)30(39)41-2/h4-15,24,26H,16-19H2,1-3H3,(H,33,38)/t24-,26-/m0/s1. The quantitative estimate of drug-likeness (QED) is 0.302. The molecule has 1 amide bonds. The summed E-state index contributed by atoms with van der Waals surface area (Å²) in [5, 5.41) is 11.0. The van der Waals surface area contributed by atoms with E-state index in [2.05, 4.69) is 56.7 Å². The fraction of sp³-hybridized carbons (Fsp3) is 0.290. The van der Waals surface area contributed by atoms with Crippen molar-refractivity contribution in [1.29, 1.82) is 0 Å². The van der Waals surface area contributed by atoms with Crippen LogP contribution in [0.1, 0.15) is 50.3 Å². The molecular formula is C31H32N6O5. The summed E-state index contributed by atoms with van der Waals surface area (Å²) in [5.41, 5.74) is 4.83. The predicted octanol–water partition coefficient (Wildman–Crippen LogP) is 3.35. The van der Waals surface area contributed by atoms with E-state index in [0.717, 1.165) is 22.4 Å². The first-order chi connectivity index (χ1) is 20.4. The Kier molecular flexibility index (Phi) is 8.68. The zero-order valence-electron chi connectivity index (χ0n) is 23.7. The maximum absolute atomic E-state index is 13.6. The second-order valence-electron chi connectivity index (χ2n) is 10.1. The number of amides is 1. The molecular weight excluding hydrogens is 536 g/mol. The third-order valence-corrected chi connectivity index (χ3v) is 7.42. The molecule has 11 heteroatoms. The summed E-state index contributed by atoms with van der Waals surface area (Å²) in [4.78, 5) is 45.0. The molecule has 1 aliphatic rings. The monoisotopic (exact) mass is 568 g/mol. The number of hydrogen-bond donors (Lipinski definition) is 1. The SMILES string of the molecule is COC(=O)c1nnn([C@H]2C[C@@H](C(=O)NCc3ccccn3)N(Cc3cccc(-c4ccccc4C)c3)C2)c1C(=O)OC. The van der Waals surface area contributed by atoms with Gasteiger partial charge in [0.2, 0.25) is 11.6 Å². The third kappa shape index (κ3) is 6.06. The molecule has 0 radical (unpaired) electrons. The van der Waals surface area contributed by atoms with Crippen LogP contribution in [-0.2, 0) is 27.4 Å². The third-order valence-electron chi connectivity index (χ3n) is 7.42. The summed E-state index contributed by atoms with van der Waals surface area (Å²) in [5.74, 6) is -1.73. The lowest BCUT2D eigenvalue weighted by atomic mass is 9.99. The molecule has 2 aromatic heterocycles. The zero-order valence-corrected chi connectivity index (χ0v) is 23.7. The van der Waals surface area contributed by atoms with Gasteiger partial charge in [-0.1, -0.05) is 53.7 Å². The van der Waals surface area contributed by atoms with Crippen LogP contribution in [0.15, 0.2) is 72.9 Å². The molecule has 11 nitrogen and oxygen atoms in total. The number of carbonyl (C=O) groups excluding carboxylic acids is 3. The number of pyridine rings is 1. The fourth-order valence-corrected chi connectivity index (χ4v) is 5.34. The van der Waals surface area contributed by atoms with E-state index in [1.807, 2.05) is 42.5 Å². The van der Waals surface area contributed by atoms with Gasteiger partial charge < -0.3 is 14.8 Å². The second-order valence-corrected chi connectivity index (χ2v) is 10.1. The first kappa shape index (κ1) is 28.6. The number of benzene rings is 2. The van der Waals surface area contributed by atoms with Gasteiger partial charge in [-0.3, -0.25) is 14.7 Å². The van der Waals surface area contributed by atoms with Crippen molar-refractivity contribution in [3.8, 4) is 11.1 Å². The highest BCUT2D eigenvalue weighted by atomic mass is 16.5. The first-order valence-electron chi connectivity index (χ1n) is 13.6. The van der Waals surface area contributed by atoms with Gasteiger partial charge in [0.15, 0.2) is 5.69 Å². The highest BCUT2D eigenvalue weighted by Gasteiger charge is 2.41. The van der Waals surface area contributed by atoms with Crippen molar-refractivity contribution in [3.05, 3.63) is 101 Å². The lowest BCUT2D eigenvalue weighted by Crippen LogP contribution is -2.42. The molecule has 0 saturated carbocycles. The molecule has 1 N–H and O–H groups in total. The number of aryl methyl sites for hydroxylation is 1. The van der Waals surface area contributed by atoms with Crippen molar-refractivity contribution in [2.24, 2.45) is 0 Å². The van der Waals surface area contributed by atoms with E-state index in [0.29, 0.717) is 19.5 Å². The van der Waals surface area contributed by atoms with Crippen LogP contribution in [0.2, 0.25) is 0 Å². The molecule has 0 aliphatic carbocycles. The normalized spacial score (nSPS) is 16.6. The van der Waals surface area contributed by atoms with Crippen LogP contribution in [0.3, 0.4) is 0 Å².